The Bertz CT molecular complexity index is 1750. The van der Waals surface area contributed by atoms with Crippen molar-refractivity contribution in [2.75, 3.05) is 18.1 Å². The number of nitrogens with zero attached hydrogens (tertiary/aromatic N) is 1. The highest BCUT2D eigenvalue weighted by molar-refractivity contribution is 6.25. The van der Waals surface area contributed by atoms with Gasteiger partial charge in [0.25, 0.3) is 0 Å². The molecule has 2 aromatic rings. The number of aliphatic hydroxyl groups is 1. The van der Waals surface area contributed by atoms with E-state index in [1.54, 1.807) is 30.3 Å². The zero-order chi connectivity index (χ0) is 33.3. The molecule has 13 heteroatoms. The lowest BCUT2D eigenvalue weighted by atomic mass is 9.59. The predicted octanol–water partition coefficient (Wildman–Crippen LogP) is 5.73. The molecule has 0 radical (unpaired) electrons. The lowest BCUT2D eigenvalue weighted by Crippen LogP contribution is -2.40. The van der Waals surface area contributed by atoms with Crippen molar-refractivity contribution in [2.45, 2.75) is 38.0 Å². The molecule has 0 bridgehead atoms. The predicted molar refractivity (Wildman–Crippen MR) is 149 cm³/mol. The number of benzene rings is 2. The van der Waals surface area contributed by atoms with Gasteiger partial charge in [-0.15, -0.1) is 0 Å². The monoisotopic (exact) mass is 645 g/mol. The number of anilines is 1. The number of carbonyl (C=O) groups is 4. The summed E-state index contributed by atoms with van der Waals surface area (Å²) in [6.45, 7) is 1.08. The summed E-state index contributed by atoms with van der Waals surface area (Å²) in [7, 11) is 0. The normalized spacial score (nSPS) is 24.8. The van der Waals surface area contributed by atoms with Crippen LogP contribution in [0.25, 0.3) is 0 Å². The van der Waals surface area contributed by atoms with Crippen LogP contribution in [-0.2, 0) is 31.5 Å². The summed E-state index contributed by atoms with van der Waals surface area (Å²) in [6, 6.07) is 7.21. The Hall–Kier alpha value is -4.52. The minimum Gasteiger partial charge on any atom is -0.491 e. The van der Waals surface area contributed by atoms with E-state index in [0.29, 0.717) is 33.9 Å². The van der Waals surface area contributed by atoms with Crippen LogP contribution in [0.4, 0.5) is 32.0 Å². The highest BCUT2D eigenvalue weighted by Gasteiger charge is 2.57. The van der Waals surface area contributed by atoms with E-state index in [1.165, 1.54) is 13.0 Å². The first-order valence-electron chi connectivity index (χ1n) is 14.3. The molecule has 3 aliphatic carbocycles. The van der Waals surface area contributed by atoms with Gasteiger partial charge in [-0.1, -0.05) is 29.8 Å². The Labute approximate surface area is 257 Å². The Kier molecular flexibility index (Phi) is 7.57. The molecule has 0 aromatic heterocycles. The van der Waals surface area contributed by atoms with E-state index >= 15 is 0 Å². The number of halogens is 6. The second kappa shape index (κ2) is 11.1. The third-order valence-electron chi connectivity index (χ3n) is 8.97. The summed E-state index contributed by atoms with van der Waals surface area (Å²) in [5.74, 6) is -6.68. The summed E-state index contributed by atoms with van der Waals surface area (Å²) in [6.07, 6.45) is -7.79. The van der Waals surface area contributed by atoms with Crippen LogP contribution in [0.5, 0.6) is 5.75 Å². The number of aliphatic hydroxyl groups excluding tert-OH is 1. The minimum absolute atomic E-state index is 0.0848. The molecule has 0 saturated carbocycles. The van der Waals surface area contributed by atoms with Crippen LogP contribution >= 0.6 is 0 Å². The number of amides is 2. The lowest BCUT2D eigenvalue weighted by molar-refractivity contribution is -0.143. The van der Waals surface area contributed by atoms with Crippen molar-refractivity contribution in [3.63, 3.8) is 0 Å². The molecule has 4 aliphatic rings. The standard InChI is InChI=1S/C33H25F6NO6/c1-15-10-24(42)23-14-22-19(26(28(23)29(15)43)20-4-2-3-5-25(20)46-9-8-41)6-7-21-27(22)31(45)40(30(21)44)18-12-16(32(34,35)36)11-17(13-18)33(37,38)39/h2-6,10-13,21-22,26-27,41H,7-9,14H2,1H3/t21-,22+,26+,27-/m0/s1. The van der Waals surface area contributed by atoms with E-state index in [9.17, 15) is 50.6 Å². The topological polar surface area (TPSA) is 101 Å². The molecule has 7 nitrogen and oxygen atoms in total. The van der Waals surface area contributed by atoms with E-state index in [1.807, 2.05) is 0 Å². The number of allylic oxidation sites excluding steroid dienone is 6. The van der Waals surface area contributed by atoms with Gasteiger partial charge in [-0.3, -0.25) is 19.2 Å². The number of hydrogen-bond donors (Lipinski definition) is 1. The molecule has 2 aromatic carbocycles. The van der Waals surface area contributed by atoms with Crippen LogP contribution < -0.4 is 9.64 Å². The third-order valence-corrected chi connectivity index (χ3v) is 8.97. The van der Waals surface area contributed by atoms with Gasteiger partial charge in [-0.25, -0.2) is 4.90 Å². The maximum atomic E-state index is 14.0. The van der Waals surface area contributed by atoms with E-state index in [-0.39, 0.29) is 48.8 Å². The number of imide groups is 1. The van der Waals surface area contributed by atoms with Crippen molar-refractivity contribution < 1.29 is 55.4 Å². The number of fused-ring (bicyclic) bond motifs is 3. The smallest absolute Gasteiger partial charge is 0.416 e. The molecule has 0 unspecified atom stereocenters. The Morgan fingerprint density at radius 1 is 0.913 bits per heavy atom. The highest BCUT2D eigenvalue weighted by Crippen LogP contribution is 2.56. The number of ether oxygens (including phenoxy) is 1. The van der Waals surface area contributed by atoms with Crippen LogP contribution in [0.15, 0.2) is 76.9 Å². The van der Waals surface area contributed by atoms with Gasteiger partial charge in [0, 0.05) is 28.2 Å². The molecule has 1 fully saturated rings. The molecule has 240 valence electrons. The van der Waals surface area contributed by atoms with Gasteiger partial charge in [0.2, 0.25) is 11.8 Å². The van der Waals surface area contributed by atoms with Gasteiger partial charge in [0.15, 0.2) is 11.6 Å². The van der Waals surface area contributed by atoms with Crippen LogP contribution in [-0.4, -0.2) is 41.7 Å². The zero-order valence-corrected chi connectivity index (χ0v) is 24.0. The second-order valence-corrected chi connectivity index (χ2v) is 11.6. The quantitative estimate of drug-likeness (QED) is 0.193. The number of carbonyl (C=O) groups excluding carboxylic acids is 4. The van der Waals surface area contributed by atoms with Crippen LogP contribution in [0.3, 0.4) is 0 Å². The van der Waals surface area contributed by atoms with Crippen LogP contribution in [0.1, 0.15) is 42.4 Å². The number of para-hydroxylation sites is 1. The Balaban J connectivity index is 1.48. The number of ketones is 2. The molecule has 1 heterocycles. The molecule has 0 spiro atoms. The fourth-order valence-electron chi connectivity index (χ4n) is 7.04. The van der Waals surface area contributed by atoms with Crippen molar-refractivity contribution in [3.05, 3.63) is 93.6 Å². The zero-order valence-electron chi connectivity index (χ0n) is 24.0. The summed E-state index contributed by atoms with van der Waals surface area (Å²) < 4.78 is 87.6. The largest absolute Gasteiger partial charge is 0.491 e. The summed E-state index contributed by atoms with van der Waals surface area (Å²) >= 11 is 0. The van der Waals surface area contributed by atoms with Gasteiger partial charge < -0.3 is 9.84 Å². The molecule has 1 N–H and O–H groups in total. The maximum Gasteiger partial charge on any atom is 0.416 e. The van der Waals surface area contributed by atoms with E-state index in [0.717, 1.165) is 0 Å². The molecular weight excluding hydrogens is 620 g/mol. The molecule has 1 aliphatic heterocycles. The van der Waals surface area contributed by atoms with Gasteiger partial charge >= 0.3 is 12.4 Å². The Morgan fingerprint density at radius 3 is 2.20 bits per heavy atom. The van der Waals surface area contributed by atoms with Gasteiger partial charge in [-0.2, -0.15) is 26.3 Å². The van der Waals surface area contributed by atoms with E-state index in [2.05, 4.69) is 0 Å². The van der Waals surface area contributed by atoms with Crippen LogP contribution in [0, 0.1) is 17.8 Å². The van der Waals surface area contributed by atoms with Gasteiger partial charge in [0.1, 0.15) is 12.4 Å². The average Bonchev–Trinajstić information content (AvgIpc) is 3.26. The van der Waals surface area contributed by atoms with Crippen molar-refractivity contribution >= 4 is 29.1 Å². The minimum atomic E-state index is -5.20. The van der Waals surface area contributed by atoms with Gasteiger partial charge in [0.05, 0.1) is 35.3 Å². The van der Waals surface area contributed by atoms with Crippen molar-refractivity contribution in [2.24, 2.45) is 17.8 Å². The number of alkyl halides is 6. The highest BCUT2D eigenvalue weighted by atomic mass is 19.4. The van der Waals surface area contributed by atoms with E-state index in [4.69, 9.17) is 4.74 Å². The van der Waals surface area contributed by atoms with Crippen molar-refractivity contribution in [3.8, 4) is 5.75 Å². The fraction of sp³-hybridized carbons (Fsp3) is 0.333. The first-order chi connectivity index (χ1) is 21.6. The number of hydrogen-bond acceptors (Lipinski definition) is 6. The Morgan fingerprint density at radius 2 is 1.57 bits per heavy atom. The third kappa shape index (κ3) is 5.06. The fourth-order valence-corrected chi connectivity index (χ4v) is 7.04. The van der Waals surface area contributed by atoms with Gasteiger partial charge in [-0.05, 0) is 56.0 Å². The average molecular weight is 646 g/mol. The first kappa shape index (κ1) is 31.5. The lowest BCUT2D eigenvalue weighted by Gasteiger charge is -2.42. The molecule has 46 heavy (non-hydrogen) atoms. The van der Waals surface area contributed by atoms with Crippen molar-refractivity contribution in [1.82, 2.24) is 0 Å². The van der Waals surface area contributed by atoms with Crippen molar-refractivity contribution in [1.29, 1.82) is 0 Å². The molecule has 4 atom stereocenters. The second-order valence-electron chi connectivity index (χ2n) is 11.6. The molecule has 6 rings (SSSR count). The molecule has 1 saturated heterocycles. The summed E-state index contributed by atoms with van der Waals surface area (Å²) in [5.41, 5.74) is -2.76. The first-order valence-corrected chi connectivity index (χ1v) is 14.3. The van der Waals surface area contributed by atoms with Crippen LogP contribution in [0.2, 0.25) is 0 Å². The maximum absolute atomic E-state index is 14.0. The number of rotatable bonds is 5. The molecule has 2 amide bonds. The molecular formula is C33H25F6NO6. The SMILES string of the molecule is CC1=CC(=O)C2=C(C1=O)[C@@H](c1ccccc1OCCO)C1=CC[C@@H]3C(=O)N(c4cc(C(F)(F)F)cc(C(F)(F)F)c4)C(=O)[C@@H]3[C@@H]1C2. The number of Topliss-reactive ketones (excluding diaryl/α,β-unsaturated/α-hetero) is 1. The van der Waals surface area contributed by atoms with E-state index < -0.39 is 76.2 Å². The summed E-state index contributed by atoms with van der Waals surface area (Å²) in [5, 5.41) is 9.36. The summed E-state index contributed by atoms with van der Waals surface area (Å²) in [4.78, 5) is 55.0.